The molecule has 1 aromatic carbocycles. The summed E-state index contributed by atoms with van der Waals surface area (Å²) >= 11 is 6.24. The van der Waals surface area contributed by atoms with Crippen LogP contribution in [0.4, 0.5) is 0 Å². The zero-order valence-electron chi connectivity index (χ0n) is 10.5. The number of carbonyl (C=O) groups is 1. The normalized spacial score (nSPS) is 11.1. The molecule has 0 radical (unpaired) electrons. The van der Waals surface area contributed by atoms with Crippen molar-refractivity contribution in [1.82, 2.24) is 4.57 Å². The Morgan fingerprint density at radius 3 is 2.78 bits per heavy atom. The minimum atomic E-state index is -0.967. The number of benzene rings is 1. The molecule has 0 unspecified atom stereocenters. The van der Waals surface area contributed by atoms with Crippen LogP contribution >= 0.6 is 11.6 Å². The van der Waals surface area contributed by atoms with Crippen LogP contribution in [0.5, 0.6) is 0 Å². The van der Waals surface area contributed by atoms with E-state index in [0.29, 0.717) is 5.15 Å². The molecule has 0 atom stereocenters. The minimum Gasteiger partial charge on any atom is -0.478 e. The zero-order chi connectivity index (χ0) is 13.3. The summed E-state index contributed by atoms with van der Waals surface area (Å²) in [7, 11) is 0. The number of carboxylic acids is 1. The fourth-order valence-corrected chi connectivity index (χ4v) is 2.64. The number of aromatic carboxylic acids is 1. The Morgan fingerprint density at radius 2 is 2.17 bits per heavy atom. The third kappa shape index (κ3) is 1.99. The molecule has 96 valence electrons. The molecule has 18 heavy (non-hydrogen) atoms. The maximum atomic E-state index is 11.3. The Labute approximate surface area is 111 Å². The number of hydrogen-bond donors (Lipinski definition) is 1. The first-order valence-corrected chi connectivity index (χ1v) is 6.46. The van der Waals surface area contributed by atoms with Gasteiger partial charge in [-0.25, -0.2) is 4.79 Å². The molecule has 0 aliphatic rings. The third-order valence-electron chi connectivity index (χ3n) is 3.17. The molecular weight excluding hydrogens is 250 g/mol. The van der Waals surface area contributed by atoms with Crippen molar-refractivity contribution in [2.75, 3.05) is 0 Å². The van der Waals surface area contributed by atoms with E-state index in [0.717, 1.165) is 35.9 Å². The van der Waals surface area contributed by atoms with Crippen LogP contribution in [0.1, 0.15) is 35.7 Å². The molecule has 0 saturated heterocycles. The first-order valence-electron chi connectivity index (χ1n) is 6.08. The summed E-state index contributed by atoms with van der Waals surface area (Å²) in [5.41, 5.74) is 2.21. The van der Waals surface area contributed by atoms with Crippen LogP contribution in [-0.2, 0) is 6.54 Å². The average Bonchev–Trinajstić information content (AvgIpc) is 2.60. The van der Waals surface area contributed by atoms with Crippen LogP contribution in [0.2, 0.25) is 5.15 Å². The Balaban J connectivity index is 2.75. The Kier molecular flexibility index (Phi) is 3.62. The van der Waals surface area contributed by atoms with Crippen LogP contribution < -0.4 is 0 Å². The molecule has 0 aliphatic heterocycles. The Morgan fingerprint density at radius 1 is 1.44 bits per heavy atom. The zero-order valence-corrected chi connectivity index (χ0v) is 11.3. The number of unbranched alkanes of at least 4 members (excludes halogenated alkanes) is 1. The van der Waals surface area contributed by atoms with Crippen LogP contribution in [0.15, 0.2) is 18.2 Å². The first-order chi connectivity index (χ1) is 8.57. The number of hydrogen-bond acceptors (Lipinski definition) is 1. The second-order valence-corrected chi connectivity index (χ2v) is 4.81. The van der Waals surface area contributed by atoms with Gasteiger partial charge in [-0.2, -0.15) is 0 Å². The lowest BCUT2D eigenvalue weighted by atomic mass is 10.1. The summed E-state index contributed by atoms with van der Waals surface area (Å²) in [5.74, 6) is -0.967. The van der Waals surface area contributed by atoms with Gasteiger partial charge in [-0.3, -0.25) is 0 Å². The summed E-state index contributed by atoms with van der Waals surface area (Å²) in [6, 6.07) is 5.66. The average molecular weight is 266 g/mol. The van der Waals surface area contributed by atoms with Crippen LogP contribution in [-0.4, -0.2) is 15.6 Å². The molecule has 0 bridgehead atoms. The molecule has 1 heterocycles. The van der Waals surface area contributed by atoms with Crippen LogP contribution in [0.25, 0.3) is 10.9 Å². The molecule has 2 rings (SSSR count). The van der Waals surface area contributed by atoms with Gasteiger partial charge in [0.2, 0.25) is 0 Å². The number of halogens is 1. The van der Waals surface area contributed by atoms with Gasteiger partial charge in [-0.05, 0) is 18.9 Å². The molecule has 3 nitrogen and oxygen atoms in total. The number of aryl methyl sites for hydroxylation is 2. The van der Waals surface area contributed by atoms with Gasteiger partial charge in [-0.15, -0.1) is 0 Å². The minimum absolute atomic E-state index is 0.214. The lowest BCUT2D eigenvalue weighted by molar-refractivity contribution is 0.0699. The first kappa shape index (κ1) is 13.0. The van der Waals surface area contributed by atoms with E-state index >= 15 is 0 Å². The summed E-state index contributed by atoms with van der Waals surface area (Å²) in [4.78, 5) is 11.3. The van der Waals surface area contributed by atoms with Crippen molar-refractivity contribution in [1.29, 1.82) is 0 Å². The van der Waals surface area contributed by atoms with E-state index in [1.807, 2.05) is 29.7 Å². The van der Waals surface area contributed by atoms with Gasteiger partial charge >= 0.3 is 5.97 Å². The maximum Gasteiger partial charge on any atom is 0.339 e. The predicted octanol–water partition coefficient (Wildman–Crippen LogP) is 4.10. The molecular formula is C14H16ClNO2. The van der Waals surface area contributed by atoms with Gasteiger partial charge in [0.15, 0.2) is 0 Å². The number of rotatable bonds is 4. The SMILES string of the molecule is CCCCn1c(Cl)c(C(=O)O)c2cccc(C)c21. The van der Waals surface area contributed by atoms with Crippen LogP contribution in [0.3, 0.4) is 0 Å². The number of aromatic nitrogens is 1. The molecule has 1 N–H and O–H groups in total. The quantitative estimate of drug-likeness (QED) is 0.904. The van der Waals surface area contributed by atoms with Crippen LogP contribution in [0, 0.1) is 6.92 Å². The highest BCUT2D eigenvalue weighted by Gasteiger charge is 2.21. The largest absolute Gasteiger partial charge is 0.478 e. The van der Waals surface area contributed by atoms with Gasteiger partial charge in [0.1, 0.15) is 10.7 Å². The van der Waals surface area contributed by atoms with Crippen molar-refractivity contribution in [3.8, 4) is 0 Å². The number of para-hydroxylation sites is 1. The van der Waals surface area contributed by atoms with Crippen molar-refractivity contribution in [2.45, 2.75) is 33.2 Å². The second kappa shape index (κ2) is 5.02. The smallest absolute Gasteiger partial charge is 0.339 e. The molecule has 0 aliphatic carbocycles. The van der Waals surface area contributed by atoms with Crippen molar-refractivity contribution in [3.63, 3.8) is 0 Å². The molecule has 2 aromatic rings. The van der Waals surface area contributed by atoms with E-state index in [-0.39, 0.29) is 5.56 Å². The van der Waals surface area contributed by atoms with E-state index < -0.39 is 5.97 Å². The topological polar surface area (TPSA) is 42.2 Å². The number of carboxylic acid groups (broad SMARTS) is 1. The second-order valence-electron chi connectivity index (χ2n) is 4.45. The van der Waals surface area contributed by atoms with E-state index in [2.05, 4.69) is 6.92 Å². The highest BCUT2D eigenvalue weighted by Crippen LogP contribution is 2.32. The van der Waals surface area contributed by atoms with Gasteiger partial charge in [-0.1, -0.05) is 43.1 Å². The van der Waals surface area contributed by atoms with E-state index in [4.69, 9.17) is 11.6 Å². The summed E-state index contributed by atoms with van der Waals surface area (Å²) in [5, 5.41) is 10.4. The highest BCUT2D eigenvalue weighted by molar-refractivity contribution is 6.35. The fraction of sp³-hybridized carbons (Fsp3) is 0.357. The molecule has 0 amide bonds. The lowest BCUT2D eigenvalue weighted by Gasteiger charge is -2.07. The molecule has 0 saturated carbocycles. The molecule has 0 fully saturated rings. The Hall–Kier alpha value is -1.48. The summed E-state index contributed by atoms with van der Waals surface area (Å²) in [6.45, 7) is 4.83. The summed E-state index contributed by atoms with van der Waals surface area (Å²) < 4.78 is 1.92. The Bertz CT molecular complexity index is 601. The van der Waals surface area contributed by atoms with Gasteiger partial charge < -0.3 is 9.67 Å². The van der Waals surface area contributed by atoms with Crippen molar-refractivity contribution >= 4 is 28.5 Å². The predicted molar refractivity (Wildman–Crippen MR) is 73.6 cm³/mol. The monoisotopic (exact) mass is 265 g/mol. The van der Waals surface area contributed by atoms with E-state index in [1.165, 1.54) is 0 Å². The van der Waals surface area contributed by atoms with E-state index in [1.54, 1.807) is 0 Å². The highest BCUT2D eigenvalue weighted by atomic mass is 35.5. The maximum absolute atomic E-state index is 11.3. The number of nitrogens with zero attached hydrogens (tertiary/aromatic N) is 1. The van der Waals surface area contributed by atoms with Crippen molar-refractivity contribution < 1.29 is 9.90 Å². The van der Waals surface area contributed by atoms with Crippen molar-refractivity contribution in [2.24, 2.45) is 0 Å². The molecule has 1 aromatic heterocycles. The fourth-order valence-electron chi connectivity index (χ4n) is 2.29. The van der Waals surface area contributed by atoms with Crippen molar-refractivity contribution in [3.05, 3.63) is 34.5 Å². The van der Waals surface area contributed by atoms with Gasteiger partial charge in [0.25, 0.3) is 0 Å². The van der Waals surface area contributed by atoms with Gasteiger partial charge in [0.05, 0.1) is 5.52 Å². The summed E-state index contributed by atoms with van der Waals surface area (Å²) in [6.07, 6.45) is 2.03. The number of fused-ring (bicyclic) bond motifs is 1. The van der Waals surface area contributed by atoms with E-state index in [9.17, 15) is 9.90 Å². The standard InChI is InChI=1S/C14H16ClNO2/c1-3-4-8-16-12-9(2)6-5-7-10(12)11(13(16)15)14(17)18/h5-7H,3-4,8H2,1-2H3,(H,17,18). The third-order valence-corrected chi connectivity index (χ3v) is 3.56. The van der Waals surface area contributed by atoms with Gasteiger partial charge in [0, 0.05) is 11.9 Å². The molecule has 0 spiro atoms. The lowest BCUT2D eigenvalue weighted by Crippen LogP contribution is -2.00. The molecule has 4 heteroatoms.